The van der Waals surface area contributed by atoms with Crippen molar-refractivity contribution in [3.8, 4) is 0 Å². The number of benzene rings is 2. The Hall–Kier alpha value is -2.35. The molecule has 0 saturated heterocycles. The molecule has 0 amide bonds. The summed E-state index contributed by atoms with van der Waals surface area (Å²) < 4.78 is 2.39. The van der Waals surface area contributed by atoms with Crippen LogP contribution in [-0.2, 0) is 0 Å². The van der Waals surface area contributed by atoms with E-state index in [1.807, 2.05) is 0 Å². The minimum absolute atomic E-state index is 0.160. The van der Waals surface area contributed by atoms with Crippen LogP contribution in [0.4, 0.5) is 0 Å². The summed E-state index contributed by atoms with van der Waals surface area (Å²) >= 11 is 1.14. The zero-order valence-corrected chi connectivity index (χ0v) is 42.1. The Balaban J connectivity index is 0.000000886. The van der Waals surface area contributed by atoms with Gasteiger partial charge in [0.2, 0.25) is 0 Å². The maximum atomic E-state index is 11.1. The van der Waals surface area contributed by atoms with Crippen molar-refractivity contribution in [1.29, 1.82) is 0 Å². The molecule has 0 spiro atoms. The maximum Gasteiger partial charge on any atom is 0.336 e. The highest BCUT2D eigenvalue weighted by molar-refractivity contribution is 7.99. The van der Waals surface area contributed by atoms with Gasteiger partial charge < -0.3 is 19.2 Å². The molecule has 0 fully saturated rings. The van der Waals surface area contributed by atoms with Crippen molar-refractivity contribution in [1.82, 2.24) is 0 Å². The van der Waals surface area contributed by atoms with E-state index in [9.17, 15) is 9.59 Å². The molecule has 0 aliphatic carbocycles. The molecule has 0 saturated carbocycles. The number of aromatic carboxylic acids is 2. The van der Waals surface area contributed by atoms with Gasteiger partial charge in [0.1, 0.15) is 0 Å². The first-order valence-corrected chi connectivity index (χ1v) is 26.1. The molecule has 0 aliphatic rings. The summed E-state index contributed by atoms with van der Waals surface area (Å²) in [6.45, 7) is 14.4. The smallest absolute Gasteiger partial charge is 0.336 e. The molecule has 0 aromatic heterocycles. The van der Waals surface area contributed by atoms with Crippen molar-refractivity contribution in [2.45, 2.75) is 217 Å². The van der Waals surface area contributed by atoms with Gasteiger partial charge in [0.05, 0.1) is 65.5 Å². The van der Waals surface area contributed by atoms with Gasteiger partial charge in [-0.2, -0.15) is 0 Å². The van der Waals surface area contributed by atoms with Crippen LogP contribution in [0.5, 0.6) is 0 Å². The number of hydrogen-bond donors (Lipinski definition) is 2. The molecule has 352 valence electrons. The van der Waals surface area contributed by atoms with Crippen molar-refractivity contribution in [3.63, 3.8) is 0 Å². The lowest BCUT2D eigenvalue weighted by Crippen LogP contribution is -2.39. The number of nitrogens with zero attached hydrogens (tertiary/aromatic N) is 2. The molecule has 2 aromatic rings. The third-order valence-electron chi connectivity index (χ3n) is 12.4. The molecule has 6 nitrogen and oxygen atoms in total. The van der Waals surface area contributed by atoms with Gasteiger partial charge in [-0.1, -0.05) is 204 Å². The molecular weight excluding hydrogens is 773 g/mol. The molecule has 2 aromatic carbocycles. The zero-order chi connectivity index (χ0) is 45.5. The van der Waals surface area contributed by atoms with Crippen LogP contribution in [0.2, 0.25) is 0 Å². The standard InChI is InChI=1S/2C20H44N.C14H10O4S/c2*1-5-7-8-9-10-11-12-13-14-15-16-17-18-19-20-21(3,4)6-2;15-13(16)9-5-1-3-7-11(9)19-12-8-4-2-6-10(12)14(17)18/h2*5-20H2,1-4H3;1-8H,(H,15,16)(H,17,18)/q2*+1;. The Morgan fingerprint density at radius 3 is 0.852 bits per heavy atom. The second-order valence-electron chi connectivity index (χ2n) is 18.8. The van der Waals surface area contributed by atoms with E-state index < -0.39 is 11.9 Å². The van der Waals surface area contributed by atoms with Crippen LogP contribution < -0.4 is 0 Å². The minimum atomic E-state index is -1.03. The van der Waals surface area contributed by atoms with Crippen LogP contribution in [0.25, 0.3) is 0 Å². The van der Waals surface area contributed by atoms with Crippen molar-refractivity contribution in [2.75, 3.05) is 54.4 Å². The number of carbonyl (C=O) groups is 2. The predicted octanol–water partition coefficient (Wildman–Crippen LogP) is 16.4. The molecule has 0 aliphatic heterocycles. The summed E-state index contributed by atoms with van der Waals surface area (Å²) in [4.78, 5) is 23.2. The fourth-order valence-corrected chi connectivity index (χ4v) is 8.43. The van der Waals surface area contributed by atoms with Gasteiger partial charge >= 0.3 is 11.9 Å². The molecule has 0 radical (unpaired) electrons. The fraction of sp³-hybridized carbons (Fsp3) is 0.741. The van der Waals surface area contributed by atoms with Gasteiger partial charge in [-0.3, -0.25) is 0 Å². The number of carboxylic acids is 2. The molecule has 2 rings (SSSR count). The van der Waals surface area contributed by atoms with Gasteiger partial charge in [0.15, 0.2) is 0 Å². The van der Waals surface area contributed by atoms with Crippen LogP contribution >= 0.6 is 11.8 Å². The summed E-state index contributed by atoms with van der Waals surface area (Å²) in [6, 6.07) is 13.0. The molecule has 2 N–H and O–H groups in total. The van der Waals surface area contributed by atoms with E-state index in [2.05, 4.69) is 55.9 Å². The van der Waals surface area contributed by atoms with Crippen molar-refractivity contribution in [3.05, 3.63) is 59.7 Å². The highest BCUT2D eigenvalue weighted by Gasteiger charge is 2.15. The second-order valence-corrected chi connectivity index (χ2v) is 19.9. The Morgan fingerprint density at radius 2 is 0.623 bits per heavy atom. The SMILES string of the molecule is CCCCCCCCCCCCCCCC[N+](C)(C)CC.CCCCCCCCCCCCCCCC[N+](C)(C)CC.O=C(O)c1ccccc1Sc1ccccc1C(=O)O. The summed E-state index contributed by atoms with van der Waals surface area (Å²) in [6.07, 6.45) is 40.8. The fourth-order valence-electron chi connectivity index (χ4n) is 7.37. The normalized spacial score (nSPS) is 11.4. The van der Waals surface area contributed by atoms with Crippen molar-refractivity contribution >= 4 is 23.7 Å². The lowest BCUT2D eigenvalue weighted by Gasteiger charge is -2.28. The van der Waals surface area contributed by atoms with Crippen LogP contribution in [0.1, 0.15) is 228 Å². The lowest BCUT2D eigenvalue weighted by molar-refractivity contribution is -0.888. The van der Waals surface area contributed by atoms with Gasteiger partial charge in [0.25, 0.3) is 0 Å². The molecule has 0 bridgehead atoms. The number of unbranched alkanes of at least 4 members (excludes halogenated alkanes) is 26. The first-order valence-electron chi connectivity index (χ1n) is 25.3. The average molecular weight is 871 g/mol. The minimum Gasteiger partial charge on any atom is -0.478 e. The van der Waals surface area contributed by atoms with E-state index in [0.717, 1.165) is 11.8 Å². The summed E-state index contributed by atoms with van der Waals surface area (Å²) in [5, 5.41) is 18.2. The van der Waals surface area contributed by atoms with E-state index in [4.69, 9.17) is 10.2 Å². The molecule has 0 heterocycles. The zero-order valence-electron chi connectivity index (χ0n) is 41.3. The molecule has 0 unspecified atom stereocenters. The summed E-state index contributed by atoms with van der Waals surface area (Å²) in [5.74, 6) is -2.06. The van der Waals surface area contributed by atoms with Crippen molar-refractivity contribution < 1.29 is 28.8 Å². The highest BCUT2D eigenvalue weighted by atomic mass is 32.2. The van der Waals surface area contributed by atoms with E-state index in [1.54, 1.807) is 36.4 Å². The van der Waals surface area contributed by atoms with Crippen LogP contribution in [0.3, 0.4) is 0 Å². The van der Waals surface area contributed by atoms with E-state index in [1.165, 1.54) is 227 Å². The van der Waals surface area contributed by atoms with Crippen LogP contribution in [-0.4, -0.2) is 85.5 Å². The lowest BCUT2D eigenvalue weighted by atomic mass is 10.0. The molecule has 7 heteroatoms. The third-order valence-corrected chi connectivity index (χ3v) is 13.6. The largest absolute Gasteiger partial charge is 0.478 e. The quantitative estimate of drug-likeness (QED) is 0.0527. The topological polar surface area (TPSA) is 74.6 Å². The summed E-state index contributed by atoms with van der Waals surface area (Å²) in [5.41, 5.74) is 0.320. The average Bonchev–Trinajstić information content (AvgIpc) is 3.24. The molecule has 61 heavy (non-hydrogen) atoms. The molecular formula is C54H98N2O4S+2. The third kappa shape index (κ3) is 34.8. The van der Waals surface area contributed by atoms with Gasteiger partial charge in [-0.15, -0.1) is 0 Å². The first-order chi connectivity index (χ1) is 29.3. The number of quaternary nitrogens is 2. The van der Waals surface area contributed by atoms with Crippen LogP contribution in [0, 0.1) is 0 Å². The summed E-state index contributed by atoms with van der Waals surface area (Å²) in [7, 11) is 9.40. The monoisotopic (exact) mass is 871 g/mol. The van der Waals surface area contributed by atoms with Gasteiger partial charge in [0, 0.05) is 9.79 Å². The van der Waals surface area contributed by atoms with Crippen LogP contribution in [0.15, 0.2) is 58.3 Å². The van der Waals surface area contributed by atoms with E-state index >= 15 is 0 Å². The number of hydrogen-bond acceptors (Lipinski definition) is 3. The maximum absolute atomic E-state index is 11.1. The van der Waals surface area contributed by atoms with E-state index in [0.29, 0.717) is 9.79 Å². The first kappa shape index (κ1) is 58.6. The predicted molar refractivity (Wildman–Crippen MR) is 267 cm³/mol. The van der Waals surface area contributed by atoms with E-state index in [-0.39, 0.29) is 11.1 Å². The van der Waals surface area contributed by atoms with Gasteiger partial charge in [-0.25, -0.2) is 9.59 Å². The number of carboxylic acid groups (broad SMARTS) is 2. The Morgan fingerprint density at radius 1 is 0.393 bits per heavy atom. The van der Waals surface area contributed by atoms with Crippen molar-refractivity contribution in [2.24, 2.45) is 0 Å². The van der Waals surface area contributed by atoms with Gasteiger partial charge in [-0.05, 0) is 63.8 Å². The Kier molecular flexibility index (Phi) is 37.7. The highest BCUT2D eigenvalue weighted by Crippen LogP contribution is 2.33. The Bertz CT molecular complexity index is 1230. The number of rotatable bonds is 36. The Labute approximate surface area is 382 Å². The molecule has 0 atom stereocenters. The second kappa shape index (κ2) is 39.3.